The summed E-state index contributed by atoms with van der Waals surface area (Å²) in [6.07, 6.45) is 5.61. The van der Waals surface area contributed by atoms with Crippen LogP contribution in [0.5, 0.6) is 5.75 Å². The summed E-state index contributed by atoms with van der Waals surface area (Å²) in [6.45, 7) is 1.93. The van der Waals surface area contributed by atoms with Crippen molar-refractivity contribution in [2.24, 2.45) is 0 Å². The van der Waals surface area contributed by atoms with E-state index in [9.17, 15) is 5.11 Å². The fraction of sp³-hybridized carbons (Fsp3) is 0.250. The first-order valence-electron chi connectivity index (χ1n) is 9.28. The molecule has 1 unspecified atom stereocenters. The van der Waals surface area contributed by atoms with Crippen molar-refractivity contribution in [3.05, 3.63) is 59.9 Å². The second-order valence-corrected chi connectivity index (χ2v) is 7.62. The Morgan fingerprint density at radius 3 is 2.72 bits per heavy atom. The number of nitrogens with zero attached hydrogens (tertiary/aromatic N) is 6. The van der Waals surface area contributed by atoms with Gasteiger partial charge in [0.2, 0.25) is 0 Å². The van der Waals surface area contributed by atoms with E-state index in [1.165, 1.54) is 0 Å². The fourth-order valence-electron chi connectivity index (χ4n) is 3.27. The molecule has 0 spiro atoms. The van der Waals surface area contributed by atoms with Gasteiger partial charge in [-0.15, -0.1) is 10.2 Å². The van der Waals surface area contributed by atoms with Crippen LogP contribution in [0.15, 0.2) is 47.2 Å². The van der Waals surface area contributed by atoms with Gasteiger partial charge >= 0.3 is 0 Å². The highest BCUT2D eigenvalue weighted by Gasteiger charge is 2.33. The number of hydrogen-bond acceptors (Lipinski definition) is 8. The van der Waals surface area contributed by atoms with Crippen LogP contribution in [0, 0.1) is 6.92 Å². The van der Waals surface area contributed by atoms with Crippen LogP contribution < -0.4 is 0 Å². The quantitative estimate of drug-likeness (QED) is 0.487. The van der Waals surface area contributed by atoms with Crippen molar-refractivity contribution in [1.29, 1.82) is 0 Å². The largest absolute Gasteiger partial charge is 0.507 e. The minimum Gasteiger partial charge on any atom is -0.507 e. The lowest BCUT2D eigenvalue weighted by Crippen LogP contribution is -2.08. The number of hydrogen-bond donors (Lipinski definition) is 2. The number of aromatic hydroxyl groups is 1. The van der Waals surface area contributed by atoms with Crippen LogP contribution in [0.3, 0.4) is 0 Å². The molecule has 5 rings (SSSR count). The summed E-state index contributed by atoms with van der Waals surface area (Å²) < 4.78 is 7.51. The summed E-state index contributed by atoms with van der Waals surface area (Å²) >= 11 is 4.72. The lowest BCUT2D eigenvalue weighted by molar-refractivity contribution is 0.417. The van der Waals surface area contributed by atoms with Gasteiger partial charge in [-0.25, -0.2) is 0 Å². The summed E-state index contributed by atoms with van der Waals surface area (Å²) in [6, 6.07) is 9.38. The van der Waals surface area contributed by atoms with Crippen molar-refractivity contribution in [3.8, 4) is 28.6 Å². The molecule has 0 bridgehead atoms. The van der Waals surface area contributed by atoms with Crippen LogP contribution in [0.2, 0.25) is 0 Å². The molecule has 1 N–H and O–H groups in total. The van der Waals surface area contributed by atoms with Gasteiger partial charge in [-0.05, 0) is 44.0 Å². The van der Waals surface area contributed by atoms with E-state index in [0.717, 1.165) is 29.8 Å². The van der Waals surface area contributed by atoms with Crippen LogP contribution >= 0.6 is 12.6 Å². The van der Waals surface area contributed by atoms with Crippen LogP contribution in [0.25, 0.3) is 22.8 Å². The summed E-state index contributed by atoms with van der Waals surface area (Å²) in [5, 5.41) is 22.5. The Morgan fingerprint density at radius 2 is 1.97 bits per heavy atom. The van der Waals surface area contributed by atoms with Crippen molar-refractivity contribution in [2.75, 3.05) is 0 Å². The van der Waals surface area contributed by atoms with E-state index >= 15 is 0 Å². The Labute approximate surface area is 172 Å². The molecule has 4 aromatic rings. The van der Waals surface area contributed by atoms with Crippen molar-refractivity contribution >= 4 is 12.6 Å². The number of thiol groups is 1. The Morgan fingerprint density at radius 1 is 1.17 bits per heavy atom. The predicted molar refractivity (Wildman–Crippen MR) is 108 cm³/mol. The normalized spacial score (nSPS) is 14.8. The first-order chi connectivity index (χ1) is 14.1. The molecule has 29 heavy (non-hydrogen) atoms. The molecular formula is C20H18N6O2S. The first kappa shape index (κ1) is 17.9. The molecule has 0 saturated heterocycles. The van der Waals surface area contributed by atoms with E-state index in [0.29, 0.717) is 23.3 Å². The lowest BCUT2D eigenvalue weighted by Gasteiger charge is -2.11. The van der Waals surface area contributed by atoms with E-state index in [4.69, 9.17) is 17.2 Å². The van der Waals surface area contributed by atoms with Gasteiger partial charge in [0.1, 0.15) is 11.0 Å². The third kappa shape index (κ3) is 3.27. The topological polar surface area (TPSA) is 103 Å². The second-order valence-electron chi connectivity index (χ2n) is 7.10. The zero-order chi connectivity index (χ0) is 20.0. The van der Waals surface area contributed by atoms with E-state index < -0.39 is 5.25 Å². The SMILES string of the molecule is Cc1ccc(O)c(-c2nc(C(S)c3nnc(-c4ccncc4)n3C3CC3)no2)c1. The zero-order valence-electron chi connectivity index (χ0n) is 15.6. The Bertz CT molecular complexity index is 1170. The molecule has 1 atom stereocenters. The van der Waals surface area contributed by atoms with E-state index in [2.05, 4.69) is 29.9 Å². The number of pyridine rings is 1. The average Bonchev–Trinajstić information content (AvgIpc) is 3.29. The van der Waals surface area contributed by atoms with Crippen molar-refractivity contribution in [1.82, 2.24) is 29.9 Å². The second kappa shape index (κ2) is 7.00. The van der Waals surface area contributed by atoms with Crippen molar-refractivity contribution in [2.45, 2.75) is 31.1 Å². The molecule has 146 valence electrons. The van der Waals surface area contributed by atoms with E-state index in [1.807, 2.05) is 25.1 Å². The number of aryl methyl sites for hydroxylation is 1. The minimum absolute atomic E-state index is 0.0858. The number of phenolic OH excluding ortho intramolecular Hbond substituents is 1. The van der Waals surface area contributed by atoms with E-state index in [-0.39, 0.29) is 11.6 Å². The Hall–Kier alpha value is -3.20. The molecule has 0 radical (unpaired) electrons. The highest BCUT2D eigenvalue weighted by molar-refractivity contribution is 7.80. The zero-order valence-corrected chi connectivity index (χ0v) is 16.5. The van der Waals surface area contributed by atoms with Crippen LogP contribution in [0.4, 0.5) is 0 Å². The molecule has 1 saturated carbocycles. The van der Waals surface area contributed by atoms with E-state index in [1.54, 1.807) is 24.5 Å². The van der Waals surface area contributed by atoms with Crippen LogP contribution in [-0.2, 0) is 0 Å². The molecule has 8 nitrogen and oxygen atoms in total. The summed E-state index contributed by atoms with van der Waals surface area (Å²) in [5.41, 5.74) is 2.42. The molecule has 3 aromatic heterocycles. The smallest absolute Gasteiger partial charge is 0.261 e. The molecule has 1 aliphatic carbocycles. The number of phenols is 1. The Balaban J connectivity index is 1.52. The van der Waals surface area contributed by atoms with Crippen LogP contribution in [0.1, 0.15) is 41.3 Å². The molecule has 0 amide bonds. The number of aromatic nitrogens is 6. The highest BCUT2D eigenvalue weighted by atomic mass is 32.1. The fourth-order valence-corrected chi connectivity index (χ4v) is 3.55. The van der Waals surface area contributed by atoms with Gasteiger partial charge in [0, 0.05) is 24.0 Å². The standard InChI is InChI=1S/C20H18N6O2S/c1-11-2-5-15(27)14(10-11)20-22-17(25-28-20)16(29)19-24-23-18(26(19)13-3-4-13)12-6-8-21-9-7-12/h2,5-10,13,16,27,29H,3-4H2,1H3. The summed E-state index contributed by atoms with van der Waals surface area (Å²) in [4.78, 5) is 8.53. The summed E-state index contributed by atoms with van der Waals surface area (Å²) in [5.74, 6) is 2.15. The highest BCUT2D eigenvalue weighted by Crippen LogP contribution is 2.42. The molecule has 3 heterocycles. The maximum atomic E-state index is 10.1. The molecule has 1 fully saturated rings. The third-order valence-corrected chi connectivity index (χ3v) is 5.35. The molecule has 9 heteroatoms. The lowest BCUT2D eigenvalue weighted by atomic mass is 10.1. The summed E-state index contributed by atoms with van der Waals surface area (Å²) in [7, 11) is 0. The van der Waals surface area contributed by atoms with Crippen molar-refractivity contribution in [3.63, 3.8) is 0 Å². The van der Waals surface area contributed by atoms with Gasteiger partial charge < -0.3 is 14.2 Å². The Kier molecular flexibility index (Phi) is 4.31. The maximum Gasteiger partial charge on any atom is 0.261 e. The molecule has 0 aliphatic heterocycles. The van der Waals surface area contributed by atoms with Crippen molar-refractivity contribution < 1.29 is 9.63 Å². The van der Waals surface area contributed by atoms with Crippen LogP contribution in [-0.4, -0.2) is 35.0 Å². The monoisotopic (exact) mass is 406 g/mol. The van der Waals surface area contributed by atoms with Gasteiger partial charge in [0.15, 0.2) is 17.5 Å². The number of rotatable bonds is 5. The molecule has 1 aliphatic rings. The van der Waals surface area contributed by atoms with Gasteiger partial charge in [-0.1, -0.05) is 16.8 Å². The van der Waals surface area contributed by atoms with Gasteiger partial charge in [-0.3, -0.25) is 4.98 Å². The average molecular weight is 406 g/mol. The minimum atomic E-state index is -0.511. The number of benzene rings is 1. The molecular weight excluding hydrogens is 388 g/mol. The maximum absolute atomic E-state index is 10.1. The van der Waals surface area contributed by atoms with Gasteiger partial charge in [-0.2, -0.15) is 17.6 Å². The predicted octanol–water partition coefficient (Wildman–Crippen LogP) is 3.76. The molecule has 1 aromatic carbocycles. The van der Waals surface area contributed by atoms with Gasteiger partial charge in [0.05, 0.1) is 5.56 Å². The first-order valence-corrected chi connectivity index (χ1v) is 9.80. The van der Waals surface area contributed by atoms with Gasteiger partial charge in [0.25, 0.3) is 5.89 Å². The third-order valence-electron chi connectivity index (χ3n) is 4.89.